The highest BCUT2D eigenvalue weighted by atomic mass is 32.2. The highest BCUT2D eigenvalue weighted by Crippen LogP contribution is 2.26. The van der Waals surface area contributed by atoms with E-state index < -0.39 is 0 Å². The topological polar surface area (TPSA) is 81.9 Å². The van der Waals surface area contributed by atoms with Crippen LogP contribution in [0.3, 0.4) is 0 Å². The maximum Gasteiger partial charge on any atom is 0.236 e. The minimum atomic E-state index is -0.151. The minimum absolute atomic E-state index is 0.151. The van der Waals surface area contributed by atoms with E-state index in [4.69, 9.17) is 4.74 Å². The summed E-state index contributed by atoms with van der Waals surface area (Å²) in [5, 5.41) is 14.5. The summed E-state index contributed by atoms with van der Waals surface area (Å²) in [4.78, 5) is 17.1. The number of benzene rings is 2. The second-order valence-corrected chi connectivity index (χ2v) is 9.63. The van der Waals surface area contributed by atoms with E-state index in [0.29, 0.717) is 22.7 Å². The number of nitrogens with one attached hydrogen (secondary N) is 1. The van der Waals surface area contributed by atoms with Gasteiger partial charge in [0.2, 0.25) is 5.91 Å². The predicted molar refractivity (Wildman–Crippen MR) is 142 cm³/mol. The molecule has 0 aliphatic heterocycles. The Kier molecular flexibility index (Phi) is 8.33. The van der Waals surface area contributed by atoms with Gasteiger partial charge in [0.1, 0.15) is 12.4 Å². The Morgan fingerprint density at radius 3 is 2.66 bits per heavy atom. The number of carbonyl (C=O) groups excluding carboxylic acids is 1. The number of thioether (sulfide) groups is 1. The van der Waals surface area contributed by atoms with E-state index in [9.17, 15) is 4.79 Å². The Hall–Kier alpha value is -3.43. The van der Waals surface area contributed by atoms with Crippen LogP contribution in [0.4, 0.5) is 5.13 Å². The summed E-state index contributed by atoms with van der Waals surface area (Å²) in [5.41, 5.74) is 4.32. The number of thiazole rings is 1. The fourth-order valence-electron chi connectivity index (χ4n) is 3.29. The van der Waals surface area contributed by atoms with E-state index in [0.717, 1.165) is 23.4 Å². The molecule has 35 heavy (non-hydrogen) atoms. The molecule has 1 amide bonds. The van der Waals surface area contributed by atoms with Crippen molar-refractivity contribution in [3.63, 3.8) is 0 Å². The van der Waals surface area contributed by atoms with Crippen molar-refractivity contribution in [3.05, 3.63) is 83.5 Å². The zero-order chi connectivity index (χ0) is 24.6. The van der Waals surface area contributed by atoms with Gasteiger partial charge in [-0.25, -0.2) is 4.98 Å². The monoisotopic (exact) mass is 505 g/mol. The first-order chi connectivity index (χ1) is 17.1. The molecule has 0 saturated carbocycles. The molecule has 0 bridgehead atoms. The molecule has 0 saturated heterocycles. The first kappa shape index (κ1) is 24.7. The van der Waals surface area contributed by atoms with Crippen molar-refractivity contribution < 1.29 is 9.53 Å². The van der Waals surface area contributed by atoms with Gasteiger partial charge in [-0.3, -0.25) is 9.36 Å². The Balaban J connectivity index is 1.33. The van der Waals surface area contributed by atoms with Crippen molar-refractivity contribution in [2.45, 2.75) is 38.6 Å². The molecule has 9 heteroatoms. The van der Waals surface area contributed by atoms with Gasteiger partial charge in [-0.05, 0) is 31.0 Å². The predicted octanol–water partition coefficient (Wildman–Crippen LogP) is 5.77. The highest BCUT2D eigenvalue weighted by Gasteiger charge is 2.15. The quantitative estimate of drug-likeness (QED) is 0.206. The smallest absolute Gasteiger partial charge is 0.236 e. The van der Waals surface area contributed by atoms with Gasteiger partial charge in [0.15, 0.2) is 16.1 Å². The number of allylic oxidation sites excluding steroid dienone is 1. The molecule has 4 rings (SSSR count). The number of aromatic nitrogens is 4. The van der Waals surface area contributed by atoms with E-state index in [-0.39, 0.29) is 18.3 Å². The number of hydrogen-bond acceptors (Lipinski definition) is 7. The molecule has 0 fully saturated rings. The molecule has 7 nitrogen and oxygen atoms in total. The molecule has 0 radical (unpaired) electrons. The Bertz CT molecular complexity index is 1280. The standard InChI is InChI=1S/C26H27N5O2S2/c1-4-14-31-23(15-33-21-12-8-19(5-2)9-13-21)29-30-26(31)35-17-24(32)28-25-27-22(16-34-25)20-10-6-18(3)7-11-20/h4,6-13,16H,1,5,14-15,17H2,2-3H3,(H,27,28,32). The third-order valence-electron chi connectivity index (χ3n) is 5.23. The number of rotatable bonds is 11. The molecule has 1 N–H and O–H groups in total. The van der Waals surface area contributed by atoms with Gasteiger partial charge in [-0.1, -0.05) is 66.7 Å². The van der Waals surface area contributed by atoms with Gasteiger partial charge in [-0.2, -0.15) is 0 Å². The van der Waals surface area contributed by atoms with Crippen LogP contribution in [0.5, 0.6) is 5.75 Å². The Morgan fingerprint density at radius 2 is 1.94 bits per heavy atom. The summed E-state index contributed by atoms with van der Waals surface area (Å²) < 4.78 is 7.80. The fraction of sp³-hybridized carbons (Fsp3) is 0.231. The van der Waals surface area contributed by atoms with Crippen LogP contribution in [0.15, 0.2) is 71.7 Å². The van der Waals surface area contributed by atoms with Gasteiger partial charge >= 0.3 is 0 Å². The third kappa shape index (κ3) is 6.58. The lowest BCUT2D eigenvalue weighted by Crippen LogP contribution is -2.15. The van der Waals surface area contributed by atoms with Crippen molar-refractivity contribution in [1.82, 2.24) is 19.7 Å². The lowest BCUT2D eigenvalue weighted by atomic mass is 10.1. The van der Waals surface area contributed by atoms with Gasteiger partial charge < -0.3 is 10.1 Å². The van der Waals surface area contributed by atoms with Crippen LogP contribution in [0.2, 0.25) is 0 Å². The van der Waals surface area contributed by atoms with Gasteiger partial charge in [0, 0.05) is 17.5 Å². The number of ether oxygens (including phenoxy) is 1. The number of amides is 1. The Morgan fingerprint density at radius 1 is 1.17 bits per heavy atom. The zero-order valence-electron chi connectivity index (χ0n) is 19.7. The van der Waals surface area contributed by atoms with Crippen LogP contribution >= 0.6 is 23.1 Å². The average Bonchev–Trinajstić information content (AvgIpc) is 3.49. The maximum atomic E-state index is 12.5. The second-order valence-electron chi connectivity index (χ2n) is 7.83. The fourth-order valence-corrected chi connectivity index (χ4v) is 4.79. The van der Waals surface area contributed by atoms with Crippen LogP contribution < -0.4 is 10.1 Å². The zero-order valence-corrected chi connectivity index (χ0v) is 21.4. The molecular weight excluding hydrogens is 478 g/mol. The molecule has 0 unspecified atom stereocenters. The van der Waals surface area contributed by atoms with Crippen molar-refractivity contribution in [3.8, 4) is 17.0 Å². The van der Waals surface area contributed by atoms with E-state index in [1.54, 1.807) is 6.08 Å². The van der Waals surface area contributed by atoms with Crippen molar-refractivity contribution in [2.24, 2.45) is 0 Å². The summed E-state index contributed by atoms with van der Waals surface area (Å²) in [6.07, 6.45) is 2.76. The molecule has 2 aromatic heterocycles. The number of nitrogens with zero attached hydrogens (tertiary/aromatic N) is 4. The molecule has 0 aliphatic rings. The summed E-state index contributed by atoms with van der Waals surface area (Å²) >= 11 is 2.72. The molecule has 4 aromatic rings. The average molecular weight is 506 g/mol. The van der Waals surface area contributed by atoms with E-state index in [2.05, 4.69) is 46.1 Å². The largest absolute Gasteiger partial charge is 0.486 e. The van der Waals surface area contributed by atoms with E-state index in [1.807, 2.05) is 53.3 Å². The van der Waals surface area contributed by atoms with Crippen molar-refractivity contribution in [2.75, 3.05) is 11.1 Å². The summed E-state index contributed by atoms with van der Waals surface area (Å²) in [6.45, 7) is 8.79. The normalized spacial score (nSPS) is 10.8. The van der Waals surface area contributed by atoms with Crippen LogP contribution in [0, 0.1) is 6.92 Å². The first-order valence-corrected chi connectivity index (χ1v) is 13.1. The highest BCUT2D eigenvalue weighted by molar-refractivity contribution is 7.99. The number of anilines is 1. The second kappa shape index (κ2) is 11.8. The summed E-state index contributed by atoms with van der Waals surface area (Å²) in [7, 11) is 0. The van der Waals surface area contributed by atoms with E-state index >= 15 is 0 Å². The molecule has 0 spiro atoms. The van der Waals surface area contributed by atoms with Crippen LogP contribution in [0.25, 0.3) is 11.3 Å². The minimum Gasteiger partial charge on any atom is -0.486 e. The van der Waals surface area contributed by atoms with Crippen molar-refractivity contribution >= 4 is 34.1 Å². The molecule has 0 aliphatic carbocycles. The molecule has 2 heterocycles. The number of carbonyl (C=O) groups is 1. The molecule has 2 aromatic carbocycles. The third-order valence-corrected chi connectivity index (χ3v) is 6.96. The Labute approximate surface area is 213 Å². The van der Waals surface area contributed by atoms with Gasteiger partial charge in [0.25, 0.3) is 0 Å². The summed E-state index contributed by atoms with van der Waals surface area (Å²) in [6, 6.07) is 16.2. The van der Waals surface area contributed by atoms with Gasteiger partial charge in [-0.15, -0.1) is 28.1 Å². The maximum absolute atomic E-state index is 12.5. The molecule has 180 valence electrons. The van der Waals surface area contributed by atoms with Crippen LogP contribution in [-0.2, 0) is 24.4 Å². The van der Waals surface area contributed by atoms with Gasteiger partial charge in [0.05, 0.1) is 11.4 Å². The van der Waals surface area contributed by atoms with E-state index in [1.165, 1.54) is 34.2 Å². The lowest BCUT2D eigenvalue weighted by molar-refractivity contribution is -0.113. The molecular formula is C26H27N5O2S2. The van der Waals surface area contributed by atoms with Crippen LogP contribution in [0.1, 0.15) is 23.9 Å². The SMILES string of the molecule is C=CCn1c(COc2ccc(CC)cc2)nnc1SCC(=O)Nc1nc(-c2ccc(C)cc2)cs1. The number of aryl methyl sites for hydroxylation is 2. The first-order valence-electron chi connectivity index (χ1n) is 11.3. The van der Waals surface area contributed by atoms with Crippen molar-refractivity contribution in [1.29, 1.82) is 0 Å². The molecule has 0 atom stereocenters. The number of hydrogen-bond donors (Lipinski definition) is 1. The lowest BCUT2D eigenvalue weighted by Gasteiger charge is -2.09. The van der Waals surface area contributed by atoms with Crippen LogP contribution in [-0.4, -0.2) is 31.4 Å². The summed E-state index contributed by atoms with van der Waals surface area (Å²) in [5.74, 6) is 1.49.